The molecule has 0 spiro atoms. The molecule has 0 aliphatic heterocycles. The van der Waals surface area contributed by atoms with Crippen molar-refractivity contribution < 1.29 is 14.3 Å². The summed E-state index contributed by atoms with van der Waals surface area (Å²) in [4.78, 5) is 24.4. The molecule has 0 heterocycles. The summed E-state index contributed by atoms with van der Waals surface area (Å²) in [5.74, 6) is -0.480. The van der Waals surface area contributed by atoms with E-state index in [0.29, 0.717) is 17.8 Å². The fourth-order valence-electron chi connectivity index (χ4n) is 1.51. The topological polar surface area (TPSA) is 82.4 Å². The average molecular weight is 275 g/mol. The van der Waals surface area contributed by atoms with Crippen LogP contribution in [0.2, 0.25) is 0 Å². The monoisotopic (exact) mass is 275 g/mol. The zero-order chi connectivity index (χ0) is 15.0. The zero-order valence-electron chi connectivity index (χ0n) is 11.5. The molecule has 0 unspecified atom stereocenters. The van der Waals surface area contributed by atoms with E-state index < -0.39 is 0 Å². The smallest absolute Gasteiger partial charge is 0.319 e. The molecule has 0 radical (unpaired) electrons. The SMILES string of the molecule is COC(=O)CN(C)CCC(=O)Nc1ccc(C#N)cc1. The molecule has 0 fully saturated rings. The van der Waals surface area contributed by atoms with E-state index in [2.05, 4.69) is 10.1 Å². The summed E-state index contributed by atoms with van der Waals surface area (Å²) in [7, 11) is 3.07. The number of likely N-dealkylation sites (N-methyl/N-ethyl adjacent to an activating group) is 1. The first kappa shape index (κ1) is 15.7. The van der Waals surface area contributed by atoms with E-state index in [1.54, 1.807) is 36.2 Å². The van der Waals surface area contributed by atoms with Crippen molar-refractivity contribution in [1.29, 1.82) is 5.26 Å². The summed E-state index contributed by atoms with van der Waals surface area (Å²) < 4.78 is 4.54. The van der Waals surface area contributed by atoms with Gasteiger partial charge in [-0.3, -0.25) is 14.5 Å². The third kappa shape index (κ3) is 5.50. The van der Waals surface area contributed by atoms with Gasteiger partial charge in [0, 0.05) is 18.7 Å². The van der Waals surface area contributed by atoms with Crippen molar-refractivity contribution in [2.24, 2.45) is 0 Å². The molecular weight excluding hydrogens is 258 g/mol. The predicted molar refractivity (Wildman–Crippen MR) is 73.9 cm³/mol. The molecule has 1 aromatic carbocycles. The molecule has 0 aromatic heterocycles. The van der Waals surface area contributed by atoms with E-state index in [4.69, 9.17) is 5.26 Å². The second kappa shape index (κ2) is 7.92. The Morgan fingerprint density at radius 1 is 1.35 bits per heavy atom. The van der Waals surface area contributed by atoms with Gasteiger partial charge in [0.05, 0.1) is 25.3 Å². The summed E-state index contributed by atoms with van der Waals surface area (Å²) in [5.41, 5.74) is 1.19. The van der Waals surface area contributed by atoms with Crippen molar-refractivity contribution in [1.82, 2.24) is 4.90 Å². The van der Waals surface area contributed by atoms with E-state index in [0.717, 1.165) is 0 Å². The number of amides is 1. The molecule has 0 saturated heterocycles. The van der Waals surface area contributed by atoms with Crippen molar-refractivity contribution in [2.75, 3.05) is 32.6 Å². The first-order chi connectivity index (χ1) is 9.55. The molecule has 20 heavy (non-hydrogen) atoms. The zero-order valence-corrected chi connectivity index (χ0v) is 11.5. The summed E-state index contributed by atoms with van der Waals surface area (Å²) in [6, 6.07) is 8.63. The molecule has 0 aliphatic carbocycles. The number of methoxy groups -OCH3 is 1. The van der Waals surface area contributed by atoms with E-state index in [1.807, 2.05) is 6.07 Å². The van der Waals surface area contributed by atoms with Gasteiger partial charge in [-0.2, -0.15) is 5.26 Å². The molecule has 0 atom stereocenters. The van der Waals surface area contributed by atoms with Crippen LogP contribution in [0.1, 0.15) is 12.0 Å². The lowest BCUT2D eigenvalue weighted by Crippen LogP contribution is -2.29. The third-order valence-corrected chi connectivity index (χ3v) is 2.65. The Hall–Kier alpha value is -2.39. The van der Waals surface area contributed by atoms with E-state index in [9.17, 15) is 9.59 Å². The lowest BCUT2D eigenvalue weighted by molar-refractivity contribution is -0.141. The number of hydrogen-bond acceptors (Lipinski definition) is 5. The number of nitrogens with zero attached hydrogens (tertiary/aromatic N) is 2. The van der Waals surface area contributed by atoms with Gasteiger partial charge >= 0.3 is 5.97 Å². The average Bonchev–Trinajstić information content (AvgIpc) is 2.45. The Labute approximate surface area is 117 Å². The minimum absolute atomic E-state index is 0.147. The van der Waals surface area contributed by atoms with Crippen LogP contribution in [0, 0.1) is 11.3 Å². The van der Waals surface area contributed by atoms with Gasteiger partial charge in [0.15, 0.2) is 0 Å². The minimum atomic E-state index is -0.333. The van der Waals surface area contributed by atoms with Gasteiger partial charge in [0.2, 0.25) is 5.91 Å². The molecule has 0 bridgehead atoms. The van der Waals surface area contributed by atoms with Gasteiger partial charge in [-0.15, -0.1) is 0 Å². The highest BCUT2D eigenvalue weighted by Gasteiger charge is 2.08. The molecule has 1 N–H and O–H groups in total. The van der Waals surface area contributed by atoms with Crippen LogP contribution in [0.3, 0.4) is 0 Å². The number of hydrogen-bond donors (Lipinski definition) is 1. The molecule has 1 rings (SSSR count). The Morgan fingerprint density at radius 3 is 2.55 bits per heavy atom. The van der Waals surface area contributed by atoms with Crippen molar-refractivity contribution in [3.63, 3.8) is 0 Å². The van der Waals surface area contributed by atoms with Crippen LogP contribution in [0.5, 0.6) is 0 Å². The quantitative estimate of drug-likeness (QED) is 0.783. The highest BCUT2D eigenvalue weighted by molar-refractivity contribution is 5.90. The molecule has 6 nitrogen and oxygen atoms in total. The first-order valence-electron chi connectivity index (χ1n) is 6.10. The molecule has 0 saturated carbocycles. The van der Waals surface area contributed by atoms with Crippen LogP contribution in [0.15, 0.2) is 24.3 Å². The van der Waals surface area contributed by atoms with Gasteiger partial charge < -0.3 is 10.1 Å². The molecule has 6 heteroatoms. The standard InChI is InChI=1S/C14H17N3O3/c1-17(10-14(19)20-2)8-7-13(18)16-12-5-3-11(9-15)4-6-12/h3-6H,7-8,10H2,1-2H3,(H,16,18). The van der Waals surface area contributed by atoms with Crippen LogP contribution in [0.4, 0.5) is 5.69 Å². The summed E-state index contributed by atoms with van der Waals surface area (Å²) in [6.45, 7) is 0.609. The summed E-state index contributed by atoms with van der Waals surface area (Å²) >= 11 is 0. The second-order valence-corrected chi connectivity index (χ2v) is 4.30. The van der Waals surface area contributed by atoms with Crippen LogP contribution in [-0.4, -0.2) is 44.0 Å². The van der Waals surface area contributed by atoms with Gasteiger partial charge in [0.1, 0.15) is 0 Å². The number of nitriles is 1. The lowest BCUT2D eigenvalue weighted by atomic mass is 10.2. The van der Waals surface area contributed by atoms with Crippen molar-refractivity contribution in [2.45, 2.75) is 6.42 Å². The molecule has 0 aliphatic rings. The van der Waals surface area contributed by atoms with E-state index >= 15 is 0 Å². The van der Waals surface area contributed by atoms with Gasteiger partial charge in [-0.1, -0.05) is 0 Å². The second-order valence-electron chi connectivity index (χ2n) is 4.30. The maximum absolute atomic E-state index is 11.7. The number of nitrogens with one attached hydrogen (secondary N) is 1. The highest BCUT2D eigenvalue weighted by Crippen LogP contribution is 2.09. The van der Waals surface area contributed by atoms with Crippen molar-refractivity contribution in [3.8, 4) is 6.07 Å². The van der Waals surface area contributed by atoms with Crippen LogP contribution >= 0.6 is 0 Å². The fourth-order valence-corrected chi connectivity index (χ4v) is 1.51. The van der Waals surface area contributed by atoms with Gasteiger partial charge in [-0.25, -0.2) is 0 Å². The summed E-state index contributed by atoms with van der Waals surface area (Å²) in [6.07, 6.45) is 0.271. The normalized spacial score (nSPS) is 9.90. The number of carbonyl (C=O) groups is 2. The number of ether oxygens (including phenoxy) is 1. The summed E-state index contributed by atoms with van der Waals surface area (Å²) in [5, 5.41) is 11.4. The van der Waals surface area contributed by atoms with Crippen molar-refractivity contribution >= 4 is 17.6 Å². The van der Waals surface area contributed by atoms with E-state index in [-0.39, 0.29) is 24.8 Å². The Balaban J connectivity index is 2.36. The maximum atomic E-state index is 11.7. The van der Waals surface area contributed by atoms with E-state index in [1.165, 1.54) is 7.11 Å². The minimum Gasteiger partial charge on any atom is -0.468 e. The lowest BCUT2D eigenvalue weighted by Gasteiger charge is -2.14. The van der Waals surface area contributed by atoms with Crippen LogP contribution in [-0.2, 0) is 14.3 Å². The Bertz CT molecular complexity index is 505. The number of rotatable bonds is 6. The molecule has 1 amide bonds. The number of benzene rings is 1. The fraction of sp³-hybridized carbons (Fsp3) is 0.357. The number of anilines is 1. The first-order valence-corrected chi connectivity index (χ1v) is 6.10. The Morgan fingerprint density at radius 2 is 2.00 bits per heavy atom. The third-order valence-electron chi connectivity index (χ3n) is 2.65. The van der Waals surface area contributed by atoms with Crippen LogP contribution in [0.25, 0.3) is 0 Å². The maximum Gasteiger partial charge on any atom is 0.319 e. The number of carbonyl (C=O) groups excluding carboxylic acids is 2. The van der Waals surface area contributed by atoms with Crippen molar-refractivity contribution in [3.05, 3.63) is 29.8 Å². The highest BCUT2D eigenvalue weighted by atomic mass is 16.5. The number of esters is 1. The Kier molecular flexibility index (Phi) is 6.20. The molecular formula is C14H17N3O3. The molecule has 1 aromatic rings. The largest absolute Gasteiger partial charge is 0.468 e. The predicted octanol–water partition coefficient (Wildman–Crippen LogP) is 0.992. The van der Waals surface area contributed by atoms with Gasteiger partial charge in [-0.05, 0) is 31.3 Å². The van der Waals surface area contributed by atoms with Gasteiger partial charge in [0.25, 0.3) is 0 Å². The molecule has 106 valence electrons. The van der Waals surface area contributed by atoms with Crippen LogP contribution < -0.4 is 5.32 Å².